The fourth-order valence-corrected chi connectivity index (χ4v) is 5.25. The highest BCUT2D eigenvalue weighted by atomic mass is 15.1. The van der Waals surface area contributed by atoms with E-state index in [2.05, 4.69) is 29.9 Å². The van der Waals surface area contributed by atoms with Crippen molar-refractivity contribution in [2.24, 2.45) is 0 Å². The normalized spacial score (nSPS) is 12.0. The summed E-state index contributed by atoms with van der Waals surface area (Å²) in [6, 6.07) is 17.3. The molecule has 8 bridgehead atoms. The summed E-state index contributed by atoms with van der Waals surface area (Å²) >= 11 is 0. The van der Waals surface area contributed by atoms with Crippen molar-refractivity contribution >= 4 is 44.4 Å². The average molecular weight is 518 g/mol. The lowest BCUT2D eigenvalue weighted by Crippen LogP contribution is -1.85. The van der Waals surface area contributed by atoms with Crippen molar-refractivity contribution in [3.8, 4) is 45.6 Å². The fourth-order valence-electron chi connectivity index (χ4n) is 5.25. The smallest absolute Gasteiger partial charge is 0.183 e. The third-order valence-electron chi connectivity index (χ3n) is 7.02. The summed E-state index contributed by atoms with van der Waals surface area (Å²) in [5, 5.41) is 1.65. The van der Waals surface area contributed by atoms with Crippen LogP contribution in [0, 0.1) is 0 Å². The first-order valence-corrected chi connectivity index (χ1v) is 12.6. The number of aromatic amines is 2. The molecule has 0 saturated heterocycles. The Bertz CT molecular complexity index is 2030. The molecule has 11 heteroatoms. The van der Waals surface area contributed by atoms with Crippen LogP contribution in [0.2, 0.25) is 0 Å². The van der Waals surface area contributed by atoms with Gasteiger partial charge in [-0.3, -0.25) is 19.9 Å². The van der Waals surface area contributed by atoms with Crippen LogP contribution in [0.1, 0.15) is 0 Å². The molecule has 1 aliphatic carbocycles. The fraction of sp³-hybridized carbons (Fsp3) is 0. The van der Waals surface area contributed by atoms with Gasteiger partial charge in [-0.25, -0.2) is 24.9 Å². The first kappa shape index (κ1) is 21.0. The van der Waals surface area contributed by atoms with Crippen molar-refractivity contribution < 1.29 is 0 Å². The van der Waals surface area contributed by atoms with E-state index in [4.69, 9.17) is 24.9 Å². The summed E-state index contributed by atoms with van der Waals surface area (Å²) in [7, 11) is 0. The van der Waals surface area contributed by atoms with Crippen LogP contribution in [0.3, 0.4) is 0 Å². The lowest BCUT2D eigenvalue weighted by atomic mass is 10.2. The number of hydrogen-bond donors (Lipinski definition) is 2. The maximum Gasteiger partial charge on any atom is 0.183 e. The minimum atomic E-state index is 0.443. The topological polar surface area (TPSA) is 148 Å². The SMILES string of the molecule is c1cnc2c(c1)-c1cc-2nc2[nH]c(nc3nc(nc4[nH]c(n1)c1ncccc41)-c1ncccc1-3)c1ncccc21. The predicted octanol–water partition coefficient (Wildman–Crippen LogP) is 5.05. The molecular weight excluding hydrogens is 502 g/mol. The predicted molar refractivity (Wildman–Crippen MR) is 149 cm³/mol. The van der Waals surface area contributed by atoms with Gasteiger partial charge in [-0.2, -0.15) is 0 Å². The van der Waals surface area contributed by atoms with Gasteiger partial charge < -0.3 is 9.97 Å². The molecule has 0 fully saturated rings. The molecule has 186 valence electrons. The Balaban J connectivity index is 1.51. The lowest BCUT2D eigenvalue weighted by molar-refractivity contribution is 1.20. The van der Waals surface area contributed by atoms with Crippen molar-refractivity contribution in [1.82, 2.24) is 54.8 Å². The van der Waals surface area contributed by atoms with Crippen LogP contribution in [-0.4, -0.2) is 54.8 Å². The summed E-state index contributed by atoms with van der Waals surface area (Å²) in [5.41, 5.74) is 8.12. The van der Waals surface area contributed by atoms with Gasteiger partial charge in [0.05, 0.1) is 17.1 Å². The van der Waals surface area contributed by atoms with Gasteiger partial charge in [-0.15, -0.1) is 0 Å². The second kappa shape index (κ2) is 7.77. The molecule has 9 rings (SSSR count). The highest BCUT2D eigenvalue weighted by Crippen LogP contribution is 2.36. The Kier molecular flexibility index (Phi) is 4.08. The lowest BCUT2D eigenvalue weighted by Gasteiger charge is -1.97. The molecule has 2 aliphatic rings. The molecule has 11 nitrogen and oxygen atoms in total. The van der Waals surface area contributed by atoms with Gasteiger partial charge in [0.15, 0.2) is 22.9 Å². The number of rotatable bonds is 0. The monoisotopic (exact) mass is 517 g/mol. The quantitative estimate of drug-likeness (QED) is 0.282. The summed E-state index contributed by atoms with van der Waals surface area (Å²) in [5.74, 6) is 0.926. The molecule has 1 aliphatic heterocycles. The summed E-state index contributed by atoms with van der Waals surface area (Å²) < 4.78 is 0. The zero-order valence-electron chi connectivity index (χ0n) is 20.5. The van der Waals surface area contributed by atoms with Gasteiger partial charge in [0.1, 0.15) is 28.0 Å². The molecule has 40 heavy (non-hydrogen) atoms. The molecule has 0 atom stereocenters. The number of H-pyrrole nitrogens is 2. The summed E-state index contributed by atoms with van der Waals surface area (Å²) in [4.78, 5) is 49.8. The first-order chi connectivity index (χ1) is 19.8. The summed E-state index contributed by atoms with van der Waals surface area (Å²) in [6.45, 7) is 0. The molecule has 2 N–H and O–H groups in total. The van der Waals surface area contributed by atoms with Gasteiger partial charge in [0.25, 0.3) is 0 Å². The third-order valence-corrected chi connectivity index (χ3v) is 7.02. The largest absolute Gasteiger partial charge is 0.322 e. The molecule has 0 aromatic carbocycles. The number of nitrogens with zero attached hydrogens (tertiary/aromatic N) is 9. The van der Waals surface area contributed by atoms with E-state index in [-0.39, 0.29) is 0 Å². The molecule has 0 radical (unpaired) electrons. The van der Waals surface area contributed by atoms with E-state index in [1.165, 1.54) is 0 Å². The molecular formula is C29H15N11. The molecule has 7 aromatic heterocycles. The van der Waals surface area contributed by atoms with Crippen molar-refractivity contribution in [3.05, 3.63) is 79.4 Å². The Morgan fingerprint density at radius 3 is 1.80 bits per heavy atom. The Morgan fingerprint density at radius 2 is 1.02 bits per heavy atom. The zero-order chi connectivity index (χ0) is 26.2. The number of fused-ring (bicyclic) bond motifs is 20. The maximum atomic E-state index is 5.00. The van der Waals surface area contributed by atoms with E-state index in [0.29, 0.717) is 62.4 Å². The van der Waals surface area contributed by atoms with Crippen molar-refractivity contribution in [1.29, 1.82) is 0 Å². The molecule has 0 amide bonds. The van der Waals surface area contributed by atoms with Gasteiger partial charge in [0, 0.05) is 46.7 Å². The van der Waals surface area contributed by atoms with Crippen LogP contribution in [0.4, 0.5) is 0 Å². The Hall–Kier alpha value is -5.97. The van der Waals surface area contributed by atoms with Crippen molar-refractivity contribution in [3.63, 3.8) is 0 Å². The van der Waals surface area contributed by atoms with E-state index in [1.54, 1.807) is 24.8 Å². The number of hydrogen-bond acceptors (Lipinski definition) is 9. The molecule has 0 saturated carbocycles. The Labute approximate surface area is 224 Å². The summed E-state index contributed by atoms with van der Waals surface area (Å²) in [6.07, 6.45) is 6.95. The Morgan fingerprint density at radius 1 is 0.450 bits per heavy atom. The minimum absolute atomic E-state index is 0.443. The number of aromatic nitrogens is 11. The van der Waals surface area contributed by atoms with Crippen molar-refractivity contribution in [2.75, 3.05) is 0 Å². The highest BCUT2D eigenvalue weighted by Gasteiger charge is 2.22. The second-order valence-corrected chi connectivity index (χ2v) is 9.36. The van der Waals surface area contributed by atoms with E-state index in [9.17, 15) is 0 Å². The zero-order valence-corrected chi connectivity index (χ0v) is 20.5. The van der Waals surface area contributed by atoms with Crippen LogP contribution in [0.25, 0.3) is 89.9 Å². The van der Waals surface area contributed by atoms with Crippen LogP contribution in [0.15, 0.2) is 79.4 Å². The first-order valence-electron chi connectivity index (χ1n) is 12.6. The van der Waals surface area contributed by atoms with Crippen LogP contribution >= 0.6 is 0 Å². The molecule has 7 aromatic rings. The highest BCUT2D eigenvalue weighted by molar-refractivity contribution is 6.03. The number of nitrogens with one attached hydrogen (secondary N) is 2. The third kappa shape index (κ3) is 2.96. The van der Waals surface area contributed by atoms with Crippen molar-refractivity contribution in [2.45, 2.75) is 0 Å². The standard InChI is InChI=1S/C29H15N11/c1-5-14-18-13-19(20(14)30-9-1)35-24-15-6-2-11-32-22(15)28(36-24)39-26-17-8-4-12-33-23(17)29(40-26)38-25-16-7-3-10-31-21(16)27(34-18)37-25/h1-13H,(H2,34,35,36,37,38,39,40). The molecule has 0 spiro atoms. The van der Waals surface area contributed by atoms with E-state index in [0.717, 1.165) is 27.6 Å². The second-order valence-electron chi connectivity index (χ2n) is 9.36. The minimum Gasteiger partial charge on any atom is -0.322 e. The van der Waals surface area contributed by atoms with E-state index >= 15 is 0 Å². The van der Waals surface area contributed by atoms with Crippen LogP contribution in [0.5, 0.6) is 0 Å². The maximum absolute atomic E-state index is 5.00. The van der Waals surface area contributed by atoms with Gasteiger partial charge in [0.2, 0.25) is 0 Å². The average Bonchev–Trinajstić information content (AvgIpc) is 3.73. The van der Waals surface area contributed by atoms with Gasteiger partial charge >= 0.3 is 0 Å². The van der Waals surface area contributed by atoms with E-state index < -0.39 is 0 Å². The van der Waals surface area contributed by atoms with Gasteiger partial charge in [-0.1, -0.05) is 0 Å². The number of pyridine rings is 4. The molecule has 0 unspecified atom stereocenters. The van der Waals surface area contributed by atoms with Gasteiger partial charge in [-0.05, 0) is 54.6 Å². The van der Waals surface area contributed by atoms with Crippen LogP contribution < -0.4 is 0 Å². The van der Waals surface area contributed by atoms with E-state index in [1.807, 2.05) is 54.6 Å². The molecule has 8 heterocycles. The van der Waals surface area contributed by atoms with Crippen LogP contribution in [-0.2, 0) is 0 Å².